The van der Waals surface area contributed by atoms with E-state index in [0.717, 1.165) is 0 Å². The summed E-state index contributed by atoms with van der Waals surface area (Å²) in [5.74, 6) is -0.662. The van der Waals surface area contributed by atoms with Crippen LogP contribution < -0.4 is 5.32 Å². The molecule has 0 spiro atoms. The molecule has 9 nitrogen and oxygen atoms in total. The van der Waals surface area contributed by atoms with E-state index in [1.807, 2.05) is 0 Å². The number of nitro groups is 1. The minimum atomic E-state index is -0.773. The molecule has 0 fully saturated rings. The molecule has 0 aliphatic rings. The lowest BCUT2D eigenvalue weighted by Crippen LogP contribution is -2.15. The van der Waals surface area contributed by atoms with Crippen LogP contribution in [0.2, 0.25) is 5.15 Å². The van der Waals surface area contributed by atoms with Crippen molar-refractivity contribution in [1.82, 2.24) is 20.2 Å². The van der Waals surface area contributed by atoms with Crippen molar-refractivity contribution in [3.05, 3.63) is 39.4 Å². The van der Waals surface area contributed by atoms with Gasteiger partial charge in [-0.15, -0.1) is 0 Å². The minimum absolute atomic E-state index is 0.0715. The lowest BCUT2D eigenvalue weighted by Gasteiger charge is -2.03. The van der Waals surface area contributed by atoms with Gasteiger partial charge in [0.05, 0.1) is 4.92 Å². The van der Waals surface area contributed by atoms with Crippen LogP contribution in [0.5, 0.6) is 0 Å². The number of aromatic amines is 1. The van der Waals surface area contributed by atoms with Crippen molar-refractivity contribution in [1.29, 1.82) is 0 Å². The Morgan fingerprint density at radius 1 is 1.50 bits per heavy atom. The van der Waals surface area contributed by atoms with Gasteiger partial charge in [-0.3, -0.25) is 20.2 Å². The van der Waals surface area contributed by atoms with Crippen molar-refractivity contribution in [2.45, 2.75) is 0 Å². The molecule has 2 heterocycles. The quantitative estimate of drug-likeness (QED) is 0.486. The minimum Gasteiger partial charge on any atom is -0.291 e. The smallest absolute Gasteiger partial charge is 0.291 e. The maximum atomic E-state index is 11.8. The second kappa shape index (κ2) is 4.75. The van der Waals surface area contributed by atoms with Crippen LogP contribution >= 0.6 is 11.6 Å². The topological polar surface area (TPSA) is 127 Å². The number of rotatable bonds is 3. The van der Waals surface area contributed by atoms with E-state index < -0.39 is 16.5 Å². The third-order valence-corrected chi connectivity index (χ3v) is 2.23. The Morgan fingerprint density at radius 3 is 2.89 bits per heavy atom. The Bertz CT molecular complexity index is 599. The largest absolute Gasteiger partial charge is 0.319 e. The molecule has 0 saturated carbocycles. The monoisotopic (exact) mass is 268 g/mol. The fraction of sp³-hybridized carbons (Fsp3) is 0. The summed E-state index contributed by atoms with van der Waals surface area (Å²) in [7, 11) is 0. The van der Waals surface area contributed by atoms with Crippen molar-refractivity contribution in [2.75, 3.05) is 5.32 Å². The molecule has 2 aromatic heterocycles. The number of hydrogen-bond acceptors (Lipinski definition) is 6. The first-order valence-corrected chi connectivity index (χ1v) is 4.93. The van der Waals surface area contributed by atoms with E-state index in [9.17, 15) is 14.9 Å². The molecule has 0 unspecified atom stereocenters. The fourth-order valence-electron chi connectivity index (χ4n) is 1.23. The van der Waals surface area contributed by atoms with Crippen LogP contribution in [0.3, 0.4) is 0 Å². The van der Waals surface area contributed by atoms with Gasteiger partial charge in [0.25, 0.3) is 5.91 Å². The highest BCUT2D eigenvalue weighted by molar-refractivity contribution is 6.32. The fourth-order valence-corrected chi connectivity index (χ4v) is 1.45. The number of amides is 1. The van der Waals surface area contributed by atoms with Gasteiger partial charge in [0.1, 0.15) is 11.9 Å². The Labute approximate surface area is 104 Å². The van der Waals surface area contributed by atoms with Crippen molar-refractivity contribution >= 4 is 29.1 Å². The summed E-state index contributed by atoms with van der Waals surface area (Å²) in [4.78, 5) is 29.1. The summed E-state index contributed by atoms with van der Waals surface area (Å²) in [6, 6.07) is 1.19. The Hall–Kier alpha value is -2.55. The average molecular weight is 269 g/mol. The van der Waals surface area contributed by atoms with Crippen LogP contribution in [0.25, 0.3) is 0 Å². The number of pyridine rings is 1. The molecule has 18 heavy (non-hydrogen) atoms. The highest BCUT2D eigenvalue weighted by Crippen LogP contribution is 2.26. The van der Waals surface area contributed by atoms with E-state index >= 15 is 0 Å². The third-order valence-electron chi connectivity index (χ3n) is 1.95. The number of halogens is 1. The van der Waals surface area contributed by atoms with Crippen LogP contribution in [0, 0.1) is 10.1 Å². The standard InChI is InChI=1S/C8H5ClN6O3/c9-6-5(15(17)18)4(1-2-10-6)7(16)13-8-11-3-12-14-8/h1-3H,(H2,11,12,13,14,16). The number of aromatic nitrogens is 4. The molecule has 2 N–H and O–H groups in total. The molecular formula is C8H5ClN6O3. The van der Waals surface area contributed by atoms with E-state index in [1.165, 1.54) is 18.6 Å². The van der Waals surface area contributed by atoms with Gasteiger partial charge in [0.15, 0.2) is 0 Å². The van der Waals surface area contributed by atoms with Gasteiger partial charge in [0.2, 0.25) is 11.1 Å². The second-order valence-electron chi connectivity index (χ2n) is 3.04. The lowest BCUT2D eigenvalue weighted by atomic mass is 10.2. The molecule has 0 aromatic carbocycles. The molecule has 0 atom stereocenters. The van der Waals surface area contributed by atoms with Crippen molar-refractivity contribution in [3.8, 4) is 0 Å². The van der Waals surface area contributed by atoms with Gasteiger partial charge < -0.3 is 0 Å². The zero-order valence-corrected chi connectivity index (χ0v) is 9.38. The molecule has 2 rings (SSSR count). The van der Waals surface area contributed by atoms with Crippen LogP contribution in [-0.2, 0) is 0 Å². The number of carbonyl (C=O) groups is 1. The van der Waals surface area contributed by atoms with Crippen LogP contribution in [0.1, 0.15) is 10.4 Å². The van der Waals surface area contributed by atoms with Gasteiger partial charge >= 0.3 is 5.69 Å². The normalized spacial score (nSPS) is 10.1. The van der Waals surface area contributed by atoms with Crippen LogP contribution in [0.4, 0.5) is 11.6 Å². The van der Waals surface area contributed by atoms with E-state index in [0.29, 0.717) is 0 Å². The summed E-state index contributed by atoms with van der Waals surface area (Å²) in [6.07, 6.45) is 2.38. The van der Waals surface area contributed by atoms with E-state index in [4.69, 9.17) is 11.6 Å². The second-order valence-corrected chi connectivity index (χ2v) is 3.40. The number of anilines is 1. The molecule has 0 radical (unpaired) electrons. The number of H-pyrrole nitrogens is 1. The summed E-state index contributed by atoms with van der Waals surface area (Å²) in [6.45, 7) is 0. The number of nitrogens with zero attached hydrogens (tertiary/aromatic N) is 4. The summed E-state index contributed by atoms with van der Waals surface area (Å²) in [5, 5.41) is 18.7. The maximum Gasteiger partial charge on any atom is 0.319 e. The maximum absolute atomic E-state index is 11.8. The predicted octanol–water partition coefficient (Wildman–Crippen LogP) is 1.01. The highest BCUT2D eigenvalue weighted by atomic mass is 35.5. The summed E-state index contributed by atoms with van der Waals surface area (Å²) in [5.41, 5.74) is -0.771. The first kappa shape index (κ1) is 11.9. The lowest BCUT2D eigenvalue weighted by molar-refractivity contribution is -0.385. The van der Waals surface area contributed by atoms with Crippen LogP contribution in [0.15, 0.2) is 18.6 Å². The van der Waals surface area contributed by atoms with Gasteiger partial charge in [-0.05, 0) is 6.07 Å². The summed E-state index contributed by atoms with van der Waals surface area (Å²) >= 11 is 5.58. The number of nitrogens with one attached hydrogen (secondary N) is 2. The summed E-state index contributed by atoms with van der Waals surface area (Å²) < 4.78 is 0. The molecule has 0 bridgehead atoms. The molecule has 0 aliphatic carbocycles. The molecule has 10 heteroatoms. The highest BCUT2D eigenvalue weighted by Gasteiger charge is 2.25. The molecule has 0 aliphatic heterocycles. The van der Waals surface area contributed by atoms with Crippen molar-refractivity contribution in [2.24, 2.45) is 0 Å². The Balaban J connectivity index is 2.36. The van der Waals surface area contributed by atoms with Gasteiger partial charge in [0, 0.05) is 6.20 Å². The van der Waals surface area contributed by atoms with Gasteiger partial charge in [-0.25, -0.2) is 10.1 Å². The Morgan fingerprint density at radius 2 is 2.28 bits per heavy atom. The van der Waals surface area contributed by atoms with E-state index in [1.54, 1.807) is 0 Å². The molecule has 2 aromatic rings. The van der Waals surface area contributed by atoms with Gasteiger partial charge in [-0.2, -0.15) is 10.1 Å². The molecule has 92 valence electrons. The number of carbonyl (C=O) groups excluding carboxylic acids is 1. The van der Waals surface area contributed by atoms with Crippen molar-refractivity contribution in [3.63, 3.8) is 0 Å². The van der Waals surface area contributed by atoms with Crippen LogP contribution in [-0.4, -0.2) is 31.0 Å². The molecule has 1 amide bonds. The number of hydrogen-bond donors (Lipinski definition) is 2. The zero-order valence-electron chi connectivity index (χ0n) is 8.62. The molecule has 0 saturated heterocycles. The SMILES string of the molecule is O=C(Nc1ncn[nH]1)c1ccnc(Cl)c1[N+](=O)[O-]. The molecular weight excluding hydrogens is 264 g/mol. The van der Waals surface area contributed by atoms with E-state index in [-0.39, 0.29) is 16.7 Å². The first-order chi connectivity index (χ1) is 8.59. The van der Waals surface area contributed by atoms with Crippen molar-refractivity contribution < 1.29 is 9.72 Å². The van der Waals surface area contributed by atoms with E-state index in [2.05, 4.69) is 25.5 Å². The predicted molar refractivity (Wildman–Crippen MR) is 60.2 cm³/mol. The first-order valence-electron chi connectivity index (χ1n) is 4.55. The zero-order chi connectivity index (χ0) is 13.1. The third kappa shape index (κ3) is 2.25. The Kier molecular flexibility index (Phi) is 3.15. The average Bonchev–Trinajstić information content (AvgIpc) is 2.80. The van der Waals surface area contributed by atoms with Gasteiger partial charge in [-0.1, -0.05) is 11.6 Å².